The zero-order valence-corrected chi connectivity index (χ0v) is 14.5. The van der Waals surface area contributed by atoms with Gasteiger partial charge in [0.15, 0.2) is 0 Å². The van der Waals surface area contributed by atoms with Gasteiger partial charge in [-0.2, -0.15) is 0 Å². The predicted molar refractivity (Wildman–Crippen MR) is 89.7 cm³/mol. The molecule has 1 fully saturated rings. The number of carbonyl (C=O) groups is 2. The molecular weight excluding hydrogens is 346 g/mol. The number of aliphatic imine (C=N–C) groups is 1. The van der Waals surface area contributed by atoms with Gasteiger partial charge in [-0.3, -0.25) is 19.3 Å². The summed E-state index contributed by atoms with van der Waals surface area (Å²) in [6.07, 6.45) is 0.542. The van der Waals surface area contributed by atoms with E-state index in [0.717, 1.165) is 0 Å². The Morgan fingerprint density at radius 2 is 2.04 bits per heavy atom. The number of carbonyl (C=O) groups excluding carboxylic acids is 1. The van der Waals surface area contributed by atoms with E-state index in [0.29, 0.717) is 18.5 Å². The Balaban J connectivity index is 1.74. The number of nitrogens with zero attached hydrogens (tertiary/aromatic N) is 2. The Labute approximate surface area is 145 Å². The third-order valence-corrected chi connectivity index (χ3v) is 5.79. The molecule has 1 aromatic carbocycles. The summed E-state index contributed by atoms with van der Waals surface area (Å²) in [5.41, 5.74) is 0.436. The first-order chi connectivity index (χ1) is 11.8. The van der Waals surface area contributed by atoms with Crippen LogP contribution < -0.4 is 4.72 Å². The number of aliphatic carboxylic acids is 1. The van der Waals surface area contributed by atoms with Gasteiger partial charge >= 0.3 is 5.97 Å². The molecule has 25 heavy (non-hydrogen) atoms. The average molecular weight is 365 g/mol. The summed E-state index contributed by atoms with van der Waals surface area (Å²) in [7, 11) is -3.64. The van der Waals surface area contributed by atoms with Gasteiger partial charge in [-0.25, -0.2) is 8.42 Å². The van der Waals surface area contributed by atoms with Gasteiger partial charge in [0.25, 0.3) is 10.0 Å². The first kappa shape index (κ1) is 17.4. The smallest absolute Gasteiger partial charge is 0.308 e. The van der Waals surface area contributed by atoms with Gasteiger partial charge in [0.1, 0.15) is 12.4 Å². The molecule has 0 spiro atoms. The lowest BCUT2D eigenvalue weighted by molar-refractivity contribution is -0.146. The van der Waals surface area contributed by atoms with Crippen LogP contribution in [0.3, 0.4) is 0 Å². The zero-order valence-electron chi connectivity index (χ0n) is 13.7. The number of likely N-dealkylation sites (tertiary alicyclic amines) is 1. The van der Waals surface area contributed by atoms with E-state index in [9.17, 15) is 23.1 Å². The minimum atomic E-state index is -3.64. The number of sulfonamides is 1. The zero-order chi connectivity index (χ0) is 18.2. The number of benzene rings is 1. The van der Waals surface area contributed by atoms with Crippen LogP contribution in [-0.2, 0) is 19.6 Å². The third-order valence-electron chi connectivity index (χ3n) is 4.40. The highest BCUT2D eigenvalue weighted by Gasteiger charge is 2.33. The minimum Gasteiger partial charge on any atom is -0.481 e. The van der Waals surface area contributed by atoms with Crippen molar-refractivity contribution in [3.05, 3.63) is 29.8 Å². The van der Waals surface area contributed by atoms with Crippen molar-refractivity contribution < 1.29 is 23.1 Å². The maximum Gasteiger partial charge on any atom is 0.308 e. The number of amides is 1. The number of fused-ring (bicyclic) bond motifs is 1. The molecule has 0 bridgehead atoms. The standard InChI is InChI=1S/C16H19N3O5S/c1-10-6-11(16(21)22)9-19(8-10)14(20)7-17-15-12-4-2-3-5-13(12)25(23,24)18-15/h2-5,10-11H,6-9H2,1H3,(H,17,18)(H,21,22). The SMILES string of the molecule is CC1CC(C(=O)O)CN(C(=O)CN=C2NS(=O)(=O)c3ccccc32)C1. The number of nitrogens with one attached hydrogen (secondary N) is 1. The Hall–Kier alpha value is -2.42. The molecule has 0 radical (unpaired) electrons. The first-order valence-electron chi connectivity index (χ1n) is 7.95. The van der Waals surface area contributed by atoms with Crippen molar-refractivity contribution in [3.63, 3.8) is 0 Å². The molecule has 3 rings (SSSR count). The number of hydrogen-bond acceptors (Lipinski definition) is 5. The normalized spacial score (nSPS) is 26.1. The molecular formula is C16H19N3O5S. The van der Waals surface area contributed by atoms with Crippen LogP contribution in [0.2, 0.25) is 0 Å². The molecule has 1 aromatic rings. The molecule has 1 amide bonds. The molecule has 1 saturated heterocycles. The van der Waals surface area contributed by atoms with E-state index in [1.165, 1.54) is 11.0 Å². The van der Waals surface area contributed by atoms with Crippen molar-refractivity contribution in [2.24, 2.45) is 16.8 Å². The molecule has 2 unspecified atom stereocenters. The van der Waals surface area contributed by atoms with Crippen LogP contribution in [-0.4, -0.2) is 55.8 Å². The summed E-state index contributed by atoms with van der Waals surface area (Å²) in [4.78, 5) is 29.3. The van der Waals surface area contributed by atoms with Gasteiger partial charge in [0.2, 0.25) is 5.91 Å². The Kier molecular flexibility index (Phi) is 4.51. The number of amidine groups is 1. The van der Waals surface area contributed by atoms with Gasteiger partial charge in [-0.1, -0.05) is 19.1 Å². The largest absolute Gasteiger partial charge is 0.481 e. The molecule has 0 aromatic heterocycles. The lowest BCUT2D eigenvalue weighted by atomic mass is 9.90. The minimum absolute atomic E-state index is 0.0946. The highest BCUT2D eigenvalue weighted by atomic mass is 32.2. The van der Waals surface area contributed by atoms with Crippen molar-refractivity contribution in [1.82, 2.24) is 9.62 Å². The van der Waals surface area contributed by atoms with Crippen molar-refractivity contribution in [3.8, 4) is 0 Å². The monoisotopic (exact) mass is 365 g/mol. The number of hydrogen-bond donors (Lipinski definition) is 2. The molecule has 9 heteroatoms. The van der Waals surface area contributed by atoms with E-state index < -0.39 is 21.9 Å². The summed E-state index contributed by atoms with van der Waals surface area (Å²) < 4.78 is 26.4. The third kappa shape index (κ3) is 3.51. The fraction of sp³-hybridized carbons (Fsp3) is 0.438. The first-order valence-corrected chi connectivity index (χ1v) is 9.43. The van der Waals surface area contributed by atoms with E-state index in [4.69, 9.17) is 0 Å². The van der Waals surface area contributed by atoms with Gasteiger partial charge < -0.3 is 10.0 Å². The lowest BCUT2D eigenvalue weighted by Gasteiger charge is -2.34. The molecule has 0 saturated carbocycles. The van der Waals surface area contributed by atoms with Crippen LogP contribution in [0.15, 0.2) is 34.2 Å². The second kappa shape index (κ2) is 6.47. The van der Waals surface area contributed by atoms with E-state index in [1.54, 1.807) is 18.2 Å². The van der Waals surface area contributed by atoms with Crippen LogP contribution in [0.4, 0.5) is 0 Å². The van der Waals surface area contributed by atoms with Gasteiger partial charge in [-0.15, -0.1) is 0 Å². The highest BCUT2D eigenvalue weighted by Crippen LogP contribution is 2.23. The fourth-order valence-electron chi connectivity index (χ4n) is 3.23. The Morgan fingerprint density at radius 1 is 1.32 bits per heavy atom. The van der Waals surface area contributed by atoms with Gasteiger partial charge in [-0.05, 0) is 24.5 Å². The van der Waals surface area contributed by atoms with Crippen molar-refractivity contribution in [2.75, 3.05) is 19.6 Å². The molecule has 134 valence electrons. The summed E-state index contributed by atoms with van der Waals surface area (Å²) in [5, 5.41) is 9.18. The summed E-state index contributed by atoms with van der Waals surface area (Å²) >= 11 is 0. The highest BCUT2D eigenvalue weighted by molar-refractivity contribution is 7.90. The van der Waals surface area contributed by atoms with Crippen LogP contribution in [0.25, 0.3) is 0 Å². The Bertz CT molecular complexity index is 849. The molecule has 2 aliphatic heterocycles. The second-order valence-corrected chi connectivity index (χ2v) is 8.09. The topological polar surface area (TPSA) is 116 Å². The van der Waals surface area contributed by atoms with E-state index in [2.05, 4.69) is 9.71 Å². The molecule has 8 nitrogen and oxygen atoms in total. The van der Waals surface area contributed by atoms with Gasteiger partial charge in [0, 0.05) is 18.7 Å². The lowest BCUT2D eigenvalue weighted by Crippen LogP contribution is -2.46. The number of carboxylic acids is 1. The number of piperidine rings is 1. The maximum atomic E-state index is 12.4. The summed E-state index contributed by atoms with van der Waals surface area (Å²) in [6.45, 7) is 2.31. The molecule has 2 aliphatic rings. The van der Waals surface area contributed by atoms with Crippen molar-refractivity contribution in [2.45, 2.75) is 18.2 Å². The van der Waals surface area contributed by atoms with Crippen LogP contribution >= 0.6 is 0 Å². The number of carboxylic acid groups (broad SMARTS) is 1. The van der Waals surface area contributed by atoms with Crippen molar-refractivity contribution in [1.29, 1.82) is 0 Å². The van der Waals surface area contributed by atoms with Crippen LogP contribution in [0.1, 0.15) is 18.9 Å². The maximum absolute atomic E-state index is 12.4. The molecule has 2 N–H and O–H groups in total. The Morgan fingerprint density at radius 3 is 2.76 bits per heavy atom. The summed E-state index contributed by atoms with van der Waals surface area (Å²) in [5.74, 6) is -1.56. The average Bonchev–Trinajstić information content (AvgIpc) is 2.83. The molecule has 2 atom stereocenters. The van der Waals surface area contributed by atoms with E-state index in [1.807, 2.05) is 6.92 Å². The molecule has 2 heterocycles. The molecule has 0 aliphatic carbocycles. The number of rotatable bonds is 3. The predicted octanol–water partition coefficient (Wildman–Crippen LogP) is 0.294. The van der Waals surface area contributed by atoms with E-state index in [-0.39, 0.29) is 35.6 Å². The summed E-state index contributed by atoms with van der Waals surface area (Å²) in [6, 6.07) is 6.42. The van der Waals surface area contributed by atoms with Crippen LogP contribution in [0.5, 0.6) is 0 Å². The second-order valence-electron chi connectivity index (χ2n) is 6.44. The van der Waals surface area contributed by atoms with Crippen LogP contribution in [0, 0.1) is 11.8 Å². The van der Waals surface area contributed by atoms with Gasteiger partial charge in [0.05, 0.1) is 10.8 Å². The fourth-order valence-corrected chi connectivity index (χ4v) is 4.48. The van der Waals surface area contributed by atoms with E-state index >= 15 is 0 Å². The quantitative estimate of drug-likeness (QED) is 0.799. The van der Waals surface area contributed by atoms with Crippen molar-refractivity contribution >= 4 is 27.7 Å².